The van der Waals surface area contributed by atoms with Gasteiger partial charge >= 0.3 is 0 Å². The van der Waals surface area contributed by atoms with Crippen LogP contribution in [0, 0.1) is 20.8 Å². The molecular formula is C19H21N3O. The van der Waals surface area contributed by atoms with Gasteiger partial charge in [0, 0.05) is 5.69 Å². The zero-order valence-electron chi connectivity index (χ0n) is 14.2. The summed E-state index contributed by atoms with van der Waals surface area (Å²) in [6, 6.07) is 8.07. The molecule has 3 rings (SSSR count). The third kappa shape index (κ3) is 2.44. The number of nitrogens with zero attached hydrogens (tertiary/aromatic N) is 3. The van der Waals surface area contributed by atoms with Crippen molar-refractivity contribution in [1.29, 1.82) is 0 Å². The second kappa shape index (κ2) is 5.61. The highest BCUT2D eigenvalue weighted by atomic mass is 16.1. The zero-order valence-corrected chi connectivity index (χ0v) is 14.2. The van der Waals surface area contributed by atoms with E-state index in [1.54, 1.807) is 0 Å². The van der Waals surface area contributed by atoms with Gasteiger partial charge in [-0.2, -0.15) is 5.10 Å². The highest BCUT2D eigenvalue weighted by Crippen LogP contribution is 2.33. The minimum atomic E-state index is 0.254. The first kappa shape index (κ1) is 15.4. The fourth-order valence-corrected chi connectivity index (χ4v) is 3.14. The molecule has 0 spiro atoms. The first-order valence-electron chi connectivity index (χ1n) is 7.86. The lowest BCUT2D eigenvalue weighted by Gasteiger charge is -2.11. The maximum atomic E-state index is 11.3. The molecule has 0 saturated heterocycles. The molecule has 23 heavy (non-hydrogen) atoms. The minimum absolute atomic E-state index is 0.254. The molecule has 0 unspecified atom stereocenters. The Morgan fingerprint density at radius 1 is 1.09 bits per heavy atom. The summed E-state index contributed by atoms with van der Waals surface area (Å²) in [5.74, 6) is 0.254. The summed E-state index contributed by atoms with van der Waals surface area (Å²) in [5.41, 5.74) is 7.69. The molecule has 0 radical (unpaired) electrons. The molecule has 0 aliphatic heterocycles. The standard InChI is InChI=1S/C19H21N3O/c1-11(2)16-9-15(10-23)20-19-18(14(5)21-22(16)19)17-12(3)7-6-8-13(17)4/h6-11H,1-5H3. The van der Waals surface area contributed by atoms with Gasteiger partial charge in [-0.05, 0) is 49.4 Å². The summed E-state index contributed by atoms with van der Waals surface area (Å²) >= 11 is 0. The van der Waals surface area contributed by atoms with Gasteiger partial charge in [-0.3, -0.25) is 4.79 Å². The number of aldehydes is 1. The van der Waals surface area contributed by atoms with Crippen LogP contribution in [0.1, 0.15) is 52.8 Å². The van der Waals surface area contributed by atoms with Crippen molar-refractivity contribution in [3.8, 4) is 11.1 Å². The molecule has 0 N–H and O–H groups in total. The molecule has 4 heteroatoms. The van der Waals surface area contributed by atoms with Gasteiger partial charge in [0.1, 0.15) is 5.69 Å². The van der Waals surface area contributed by atoms with Gasteiger partial charge in [-0.15, -0.1) is 0 Å². The van der Waals surface area contributed by atoms with E-state index in [0.717, 1.165) is 34.4 Å². The Morgan fingerprint density at radius 2 is 1.74 bits per heavy atom. The molecule has 0 fully saturated rings. The maximum Gasteiger partial charge on any atom is 0.168 e. The van der Waals surface area contributed by atoms with Crippen molar-refractivity contribution in [2.24, 2.45) is 0 Å². The minimum Gasteiger partial charge on any atom is -0.296 e. The molecule has 0 saturated carbocycles. The van der Waals surface area contributed by atoms with Gasteiger partial charge in [0.05, 0.1) is 11.3 Å². The maximum absolute atomic E-state index is 11.3. The molecule has 3 aromatic rings. The Balaban J connectivity index is 2.45. The highest BCUT2D eigenvalue weighted by molar-refractivity contribution is 5.85. The van der Waals surface area contributed by atoms with E-state index >= 15 is 0 Å². The monoisotopic (exact) mass is 307 g/mol. The summed E-state index contributed by atoms with van der Waals surface area (Å²) in [6.07, 6.45) is 0.808. The van der Waals surface area contributed by atoms with Crippen LogP contribution in [0.3, 0.4) is 0 Å². The van der Waals surface area contributed by atoms with Crippen LogP contribution >= 0.6 is 0 Å². The number of carbonyl (C=O) groups is 1. The Hall–Kier alpha value is -2.49. The molecular weight excluding hydrogens is 286 g/mol. The number of hydrogen-bond acceptors (Lipinski definition) is 3. The smallest absolute Gasteiger partial charge is 0.168 e. The van der Waals surface area contributed by atoms with E-state index in [2.05, 4.69) is 50.9 Å². The summed E-state index contributed by atoms with van der Waals surface area (Å²) in [7, 11) is 0. The average Bonchev–Trinajstić information content (AvgIpc) is 2.82. The van der Waals surface area contributed by atoms with Gasteiger partial charge in [0.2, 0.25) is 0 Å². The van der Waals surface area contributed by atoms with Crippen LogP contribution in [-0.2, 0) is 0 Å². The summed E-state index contributed by atoms with van der Waals surface area (Å²) in [6.45, 7) is 10.4. The van der Waals surface area contributed by atoms with Crippen molar-refractivity contribution in [1.82, 2.24) is 14.6 Å². The highest BCUT2D eigenvalue weighted by Gasteiger charge is 2.20. The number of aryl methyl sites for hydroxylation is 3. The van der Waals surface area contributed by atoms with Crippen LogP contribution in [0.2, 0.25) is 0 Å². The fourth-order valence-electron chi connectivity index (χ4n) is 3.14. The Labute approximate surface area is 136 Å². The molecule has 118 valence electrons. The lowest BCUT2D eigenvalue weighted by Crippen LogP contribution is -2.05. The van der Waals surface area contributed by atoms with E-state index in [0.29, 0.717) is 5.69 Å². The largest absolute Gasteiger partial charge is 0.296 e. The van der Waals surface area contributed by atoms with Crippen LogP contribution in [0.15, 0.2) is 24.3 Å². The second-order valence-electron chi connectivity index (χ2n) is 6.34. The first-order chi connectivity index (χ1) is 10.9. The van der Waals surface area contributed by atoms with Crippen molar-refractivity contribution >= 4 is 11.9 Å². The summed E-state index contributed by atoms with van der Waals surface area (Å²) < 4.78 is 1.88. The van der Waals surface area contributed by atoms with E-state index in [4.69, 9.17) is 5.10 Å². The quantitative estimate of drug-likeness (QED) is 0.679. The third-order valence-electron chi connectivity index (χ3n) is 4.25. The predicted octanol–water partition coefficient (Wildman–Crippen LogP) is 4.26. The van der Waals surface area contributed by atoms with Gasteiger partial charge in [-0.1, -0.05) is 32.0 Å². The molecule has 2 heterocycles. The number of rotatable bonds is 3. The molecule has 4 nitrogen and oxygen atoms in total. The van der Waals surface area contributed by atoms with E-state index < -0.39 is 0 Å². The molecule has 0 atom stereocenters. The Kier molecular flexibility index (Phi) is 3.76. The SMILES string of the molecule is Cc1cccc(C)c1-c1c(C)nn2c(C(C)C)cc(C=O)nc12. The summed E-state index contributed by atoms with van der Waals surface area (Å²) in [5, 5.41) is 4.71. The number of carbonyl (C=O) groups excluding carboxylic acids is 1. The van der Waals surface area contributed by atoms with Gasteiger partial charge < -0.3 is 0 Å². The van der Waals surface area contributed by atoms with Gasteiger partial charge in [0.15, 0.2) is 11.9 Å². The van der Waals surface area contributed by atoms with Gasteiger partial charge in [-0.25, -0.2) is 9.50 Å². The van der Waals surface area contributed by atoms with Crippen molar-refractivity contribution in [3.05, 3.63) is 52.5 Å². The van der Waals surface area contributed by atoms with Crippen LogP contribution in [0.25, 0.3) is 16.8 Å². The zero-order chi connectivity index (χ0) is 16.7. The number of hydrogen-bond donors (Lipinski definition) is 0. The topological polar surface area (TPSA) is 47.3 Å². The number of fused-ring (bicyclic) bond motifs is 1. The van der Waals surface area contributed by atoms with Crippen LogP contribution in [-0.4, -0.2) is 20.9 Å². The molecule has 0 aliphatic carbocycles. The third-order valence-corrected chi connectivity index (χ3v) is 4.25. The van der Waals surface area contributed by atoms with E-state index in [1.807, 2.05) is 17.5 Å². The average molecular weight is 307 g/mol. The van der Waals surface area contributed by atoms with Crippen molar-refractivity contribution < 1.29 is 4.79 Å². The number of aromatic nitrogens is 3. The van der Waals surface area contributed by atoms with E-state index in [-0.39, 0.29) is 5.92 Å². The summed E-state index contributed by atoms with van der Waals surface area (Å²) in [4.78, 5) is 15.9. The first-order valence-corrected chi connectivity index (χ1v) is 7.86. The van der Waals surface area contributed by atoms with Gasteiger partial charge in [0.25, 0.3) is 0 Å². The van der Waals surface area contributed by atoms with Crippen molar-refractivity contribution in [2.45, 2.75) is 40.5 Å². The number of benzene rings is 1. The molecule has 0 aliphatic rings. The van der Waals surface area contributed by atoms with Crippen molar-refractivity contribution in [2.75, 3.05) is 0 Å². The van der Waals surface area contributed by atoms with Crippen LogP contribution < -0.4 is 0 Å². The molecule has 2 aromatic heterocycles. The lowest BCUT2D eigenvalue weighted by atomic mass is 9.96. The predicted molar refractivity (Wildman–Crippen MR) is 92.1 cm³/mol. The van der Waals surface area contributed by atoms with E-state index in [1.165, 1.54) is 11.1 Å². The fraction of sp³-hybridized carbons (Fsp3) is 0.316. The van der Waals surface area contributed by atoms with Crippen LogP contribution in [0.5, 0.6) is 0 Å². The van der Waals surface area contributed by atoms with Crippen LogP contribution in [0.4, 0.5) is 0 Å². The van der Waals surface area contributed by atoms with E-state index in [9.17, 15) is 4.79 Å². The van der Waals surface area contributed by atoms with Crippen molar-refractivity contribution in [3.63, 3.8) is 0 Å². The molecule has 0 amide bonds. The Morgan fingerprint density at radius 3 is 2.30 bits per heavy atom. The lowest BCUT2D eigenvalue weighted by molar-refractivity contribution is 0.111. The molecule has 0 bridgehead atoms. The second-order valence-corrected chi connectivity index (χ2v) is 6.34. The normalized spacial score (nSPS) is 11.4. The molecule has 1 aromatic carbocycles. The Bertz CT molecular complexity index is 886.